The number of hydrogen-bond donors (Lipinski definition) is 0. The van der Waals surface area contributed by atoms with Crippen LogP contribution in [0.4, 0.5) is 0 Å². The van der Waals surface area contributed by atoms with Gasteiger partial charge in [0.05, 0.1) is 0 Å². The Labute approximate surface area is 347 Å². The Hall–Kier alpha value is -4.44. The Morgan fingerprint density at radius 1 is 0.446 bits per heavy atom. The van der Waals surface area contributed by atoms with Gasteiger partial charge in [0.15, 0.2) is 0 Å². The third-order valence-corrected chi connectivity index (χ3v) is 28.7. The van der Waals surface area contributed by atoms with Gasteiger partial charge in [0.2, 0.25) is 0 Å². The summed E-state index contributed by atoms with van der Waals surface area (Å²) in [6.07, 6.45) is 5.12. The number of aryl methyl sites for hydroxylation is 2. The average molecular weight is 863 g/mol. The molecule has 2 aliphatic rings. The molecule has 56 heavy (non-hydrogen) atoms. The van der Waals surface area contributed by atoms with Crippen LogP contribution >= 0.6 is 0 Å². The predicted octanol–water partition coefficient (Wildman–Crippen LogP) is 3.15. The first-order chi connectivity index (χ1) is 26.4. The molecule has 2 atom stereocenters. The Morgan fingerprint density at radius 2 is 0.839 bits per heavy atom. The van der Waals surface area contributed by atoms with Crippen molar-refractivity contribution in [2.75, 3.05) is 0 Å². The largest absolute Gasteiger partial charge is 1.00 e. The Bertz CT molecular complexity index is 2920. The third-order valence-electron chi connectivity index (χ3n) is 11.7. The first kappa shape index (κ1) is 38.4. The Kier molecular flexibility index (Phi) is 10.2. The molecule has 0 fully saturated rings. The van der Waals surface area contributed by atoms with E-state index in [1.165, 1.54) is 53.5 Å². The fourth-order valence-electron chi connectivity index (χ4n) is 9.54. The van der Waals surface area contributed by atoms with Crippen LogP contribution in [-0.4, -0.2) is 5.43 Å². The van der Waals surface area contributed by atoms with Crippen molar-refractivity contribution in [3.05, 3.63) is 213 Å². The van der Waals surface area contributed by atoms with Crippen molar-refractivity contribution in [3.63, 3.8) is 0 Å². The second-order valence-electron chi connectivity index (χ2n) is 15.1. The van der Waals surface area contributed by atoms with Gasteiger partial charge < -0.3 is 24.8 Å². The number of benzene rings is 6. The number of furan rings is 2. The van der Waals surface area contributed by atoms with E-state index in [0.29, 0.717) is 0 Å². The molecule has 0 bridgehead atoms. The fraction of sp³-hybridized carbons (Fsp3) is 0.120. The van der Waals surface area contributed by atoms with Crippen molar-refractivity contribution in [2.45, 2.75) is 37.8 Å². The summed E-state index contributed by atoms with van der Waals surface area (Å²) in [4.78, 5) is 0. The van der Waals surface area contributed by atoms with E-state index >= 15 is 0 Å². The van der Waals surface area contributed by atoms with E-state index in [-0.39, 0.29) is 24.8 Å². The van der Waals surface area contributed by atoms with Gasteiger partial charge in [0.25, 0.3) is 0 Å². The van der Waals surface area contributed by atoms with Gasteiger partial charge in [-0.3, -0.25) is 0 Å². The van der Waals surface area contributed by atoms with Gasteiger partial charge in [0, 0.05) is 0 Å². The van der Waals surface area contributed by atoms with Crippen LogP contribution in [-0.2, 0) is 31.2 Å². The molecule has 0 saturated carbocycles. The molecule has 2 unspecified atom stereocenters. The monoisotopic (exact) mass is 860 g/mol. The van der Waals surface area contributed by atoms with Crippen molar-refractivity contribution in [2.24, 2.45) is 0 Å². The number of fused-ring (bicyclic) bond motifs is 4. The van der Waals surface area contributed by atoms with Gasteiger partial charge in [-0.25, -0.2) is 0 Å². The van der Waals surface area contributed by atoms with Crippen LogP contribution in [0.15, 0.2) is 167 Å². The van der Waals surface area contributed by atoms with Crippen molar-refractivity contribution in [1.29, 1.82) is 0 Å². The molecule has 274 valence electrons. The van der Waals surface area contributed by atoms with Crippen molar-refractivity contribution < 1.29 is 54.0 Å². The zero-order valence-corrected chi connectivity index (χ0v) is 36.7. The number of rotatable bonds is 6. The quantitative estimate of drug-likeness (QED) is 0.241. The Balaban J connectivity index is 0.00000220. The van der Waals surface area contributed by atoms with Crippen LogP contribution in [0.25, 0.3) is 40.3 Å². The van der Waals surface area contributed by atoms with E-state index < -0.39 is 36.6 Å². The molecule has 2 aromatic heterocycles. The van der Waals surface area contributed by atoms with E-state index in [4.69, 9.17) is 8.83 Å². The predicted molar refractivity (Wildman–Crippen MR) is 221 cm³/mol. The summed E-state index contributed by atoms with van der Waals surface area (Å²) in [5, 5.41) is 10.3. The molecule has 2 aliphatic carbocycles. The molecule has 0 spiro atoms. The van der Waals surface area contributed by atoms with E-state index in [1.54, 1.807) is 6.56 Å². The van der Waals surface area contributed by atoms with Gasteiger partial charge in [-0.1, -0.05) is 0 Å². The molecule has 10 rings (SSSR count). The second kappa shape index (κ2) is 14.8. The smallest absolute Gasteiger partial charge is 1.00 e. The van der Waals surface area contributed by atoms with Gasteiger partial charge in [0.1, 0.15) is 0 Å². The van der Waals surface area contributed by atoms with E-state index in [1.807, 2.05) is 0 Å². The molecule has 2 nitrogen and oxygen atoms in total. The van der Waals surface area contributed by atoms with Crippen LogP contribution in [0, 0.1) is 13.8 Å². The van der Waals surface area contributed by atoms with Crippen LogP contribution in [0.3, 0.4) is 0 Å². The van der Waals surface area contributed by atoms with Crippen molar-refractivity contribution in [3.8, 4) is 0 Å². The Morgan fingerprint density at radius 3 is 1.25 bits per heavy atom. The normalized spacial score (nSPS) is 17.9. The van der Waals surface area contributed by atoms with Crippen molar-refractivity contribution >= 4 is 45.7 Å². The summed E-state index contributed by atoms with van der Waals surface area (Å²) in [7, 11) is 0. The van der Waals surface area contributed by atoms with Gasteiger partial charge in [-0.15, -0.1) is 0 Å². The molecule has 8 aromatic rings. The molecule has 0 amide bonds. The first-order valence-electron chi connectivity index (χ1n) is 18.8. The summed E-state index contributed by atoms with van der Waals surface area (Å²) in [6.45, 7) is 9.34. The zero-order chi connectivity index (χ0) is 36.6. The SMILES string of the molecule is Cc1ccc(C2(c3cccc4ccccc34)C=c3ccccc3=[C]2[Zr+2]([C]2=c3ccccc3=CC2(c2ccc(C)o2)c2cccc3ccccc23)=[Si](C)C)o1.[Cl-].[Cl-]. The van der Waals surface area contributed by atoms with E-state index in [2.05, 4.69) is 197 Å². The molecular formula is C50H40Cl2O2SiZr. The molecule has 6 aromatic carbocycles. The average Bonchev–Trinajstić information content (AvgIpc) is 3.99. The fourth-order valence-corrected chi connectivity index (χ4v) is 28.5. The third kappa shape index (κ3) is 5.67. The molecule has 2 heterocycles. The topological polar surface area (TPSA) is 26.3 Å². The molecule has 0 radical (unpaired) electrons. The summed E-state index contributed by atoms with van der Waals surface area (Å²) >= 11 is -3.14. The van der Waals surface area contributed by atoms with Crippen LogP contribution in [0.2, 0.25) is 13.1 Å². The maximum atomic E-state index is 6.93. The molecule has 0 aliphatic heterocycles. The van der Waals surface area contributed by atoms with E-state index in [9.17, 15) is 0 Å². The van der Waals surface area contributed by atoms with Crippen LogP contribution in [0.5, 0.6) is 0 Å². The zero-order valence-electron chi connectivity index (χ0n) is 31.7. The van der Waals surface area contributed by atoms with Crippen LogP contribution < -0.4 is 45.7 Å². The minimum absolute atomic E-state index is 0. The first-order valence-corrected chi connectivity index (χ1v) is 27.5. The summed E-state index contributed by atoms with van der Waals surface area (Å²) in [5.74, 6) is 3.87. The molecule has 0 saturated heterocycles. The molecule has 6 heteroatoms. The maximum absolute atomic E-state index is 6.93. The summed E-state index contributed by atoms with van der Waals surface area (Å²) in [5.41, 5.74) is 0.419. The number of halogens is 2. The van der Waals surface area contributed by atoms with E-state index in [0.717, 1.165) is 23.0 Å². The summed E-state index contributed by atoms with van der Waals surface area (Å²) < 4.78 is 17.0. The maximum Gasteiger partial charge on any atom is -1.00 e. The molecular weight excluding hydrogens is 823 g/mol. The van der Waals surface area contributed by atoms with Gasteiger partial charge in [-0.05, 0) is 0 Å². The minimum Gasteiger partial charge on any atom is -1.00 e. The number of hydrogen-bond acceptors (Lipinski definition) is 2. The van der Waals surface area contributed by atoms with Gasteiger partial charge >= 0.3 is 325 Å². The standard InChI is InChI=1S/2C24H17O.C2H6Si.2ClH.Zr/c2*1-17-13-14-23(25-17)24(15-19-8-2-3-9-20(19)16-24)22-12-6-10-18-7-4-5-11-21(18)22;1-3-2;;;/h2*2-15H,1H3;1-2H3;2*1H;/q;;;;;+2/p-2. The van der Waals surface area contributed by atoms with Crippen LogP contribution in [0.1, 0.15) is 34.2 Å². The van der Waals surface area contributed by atoms with Crippen molar-refractivity contribution in [1.82, 2.24) is 0 Å². The summed E-state index contributed by atoms with van der Waals surface area (Å²) in [6, 6.07) is 58.7. The second-order valence-corrected chi connectivity index (χ2v) is 31.7. The molecule has 0 N–H and O–H groups in total. The van der Waals surface area contributed by atoms with Gasteiger partial charge in [-0.2, -0.15) is 0 Å². The minimum atomic E-state index is -3.14.